The predicted molar refractivity (Wildman–Crippen MR) is 48.2 cm³/mol. The van der Waals surface area contributed by atoms with Crippen LogP contribution in [0.2, 0.25) is 0 Å². The van der Waals surface area contributed by atoms with Gasteiger partial charge in [-0.25, -0.2) is 0 Å². The Morgan fingerprint density at radius 3 is 2.85 bits per heavy atom. The van der Waals surface area contributed by atoms with Crippen molar-refractivity contribution in [3.05, 3.63) is 0 Å². The lowest BCUT2D eigenvalue weighted by atomic mass is 10.1. The summed E-state index contributed by atoms with van der Waals surface area (Å²) in [5.41, 5.74) is 0. The summed E-state index contributed by atoms with van der Waals surface area (Å²) in [6.45, 7) is 4.93. The highest BCUT2D eigenvalue weighted by atomic mass is 16.3. The summed E-state index contributed by atoms with van der Waals surface area (Å²) in [5.74, 6) is 0.154. The lowest BCUT2D eigenvalue weighted by molar-refractivity contribution is -0.131. The van der Waals surface area contributed by atoms with Crippen LogP contribution in [-0.4, -0.2) is 59.1 Å². The molecule has 4 heteroatoms. The first-order valence-corrected chi connectivity index (χ1v) is 4.84. The van der Waals surface area contributed by atoms with Gasteiger partial charge < -0.3 is 10.0 Å². The fraction of sp³-hybridized carbons (Fsp3) is 0.889. The Morgan fingerprint density at radius 2 is 2.15 bits per heavy atom. The fourth-order valence-electron chi connectivity index (χ4n) is 2.30. The minimum Gasteiger partial charge on any atom is -0.392 e. The second-order valence-corrected chi connectivity index (χ2v) is 4.00. The molecule has 2 fully saturated rings. The normalized spacial score (nSPS) is 34.8. The highest BCUT2D eigenvalue weighted by molar-refractivity contribution is 5.73. The van der Waals surface area contributed by atoms with Crippen molar-refractivity contribution in [3.63, 3.8) is 0 Å². The smallest absolute Gasteiger partial charge is 0.219 e. The van der Waals surface area contributed by atoms with E-state index in [-0.39, 0.29) is 12.0 Å². The maximum Gasteiger partial charge on any atom is 0.219 e. The van der Waals surface area contributed by atoms with E-state index in [1.54, 1.807) is 6.92 Å². The Kier molecular flexibility index (Phi) is 2.26. The largest absolute Gasteiger partial charge is 0.392 e. The van der Waals surface area contributed by atoms with Gasteiger partial charge in [0.25, 0.3) is 0 Å². The van der Waals surface area contributed by atoms with Crippen LogP contribution in [0.25, 0.3) is 0 Å². The zero-order valence-corrected chi connectivity index (χ0v) is 7.94. The summed E-state index contributed by atoms with van der Waals surface area (Å²) in [5, 5.41) is 9.44. The third-order valence-electron chi connectivity index (χ3n) is 3.04. The van der Waals surface area contributed by atoms with E-state index in [1.165, 1.54) is 0 Å². The fourth-order valence-corrected chi connectivity index (χ4v) is 2.30. The van der Waals surface area contributed by atoms with Crippen molar-refractivity contribution in [1.29, 1.82) is 0 Å². The number of aliphatic hydroxyl groups is 1. The van der Waals surface area contributed by atoms with Gasteiger partial charge in [0.1, 0.15) is 0 Å². The van der Waals surface area contributed by atoms with Gasteiger partial charge in [0.15, 0.2) is 0 Å². The molecule has 0 aromatic rings. The molecule has 74 valence electrons. The van der Waals surface area contributed by atoms with Gasteiger partial charge in [0.05, 0.1) is 6.10 Å². The Balaban J connectivity index is 1.97. The van der Waals surface area contributed by atoms with Crippen LogP contribution in [0.3, 0.4) is 0 Å². The second-order valence-electron chi connectivity index (χ2n) is 4.00. The van der Waals surface area contributed by atoms with E-state index < -0.39 is 0 Å². The summed E-state index contributed by atoms with van der Waals surface area (Å²) < 4.78 is 0. The SMILES string of the molecule is CC(=O)N1CCN2CC(O)CC2C1. The monoisotopic (exact) mass is 184 g/mol. The van der Waals surface area contributed by atoms with Gasteiger partial charge in [-0.1, -0.05) is 0 Å². The molecule has 0 spiro atoms. The molecule has 0 aliphatic carbocycles. The van der Waals surface area contributed by atoms with Crippen molar-refractivity contribution in [2.24, 2.45) is 0 Å². The van der Waals surface area contributed by atoms with Crippen molar-refractivity contribution in [2.45, 2.75) is 25.5 Å². The molecule has 2 saturated heterocycles. The molecule has 0 aromatic carbocycles. The third-order valence-corrected chi connectivity index (χ3v) is 3.04. The Morgan fingerprint density at radius 1 is 1.38 bits per heavy atom. The van der Waals surface area contributed by atoms with E-state index in [0.29, 0.717) is 6.04 Å². The molecule has 0 bridgehead atoms. The molecule has 0 saturated carbocycles. The predicted octanol–water partition coefficient (Wildman–Crippen LogP) is -0.716. The van der Waals surface area contributed by atoms with Crippen molar-refractivity contribution in [2.75, 3.05) is 26.2 Å². The van der Waals surface area contributed by atoms with Gasteiger partial charge >= 0.3 is 0 Å². The number of nitrogens with zero attached hydrogens (tertiary/aromatic N) is 2. The number of hydrogen-bond acceptors (Lipinski definition) is 3. The summed E-state index contributed by atoms with van der Waals surface area (Å²) >= 11 is 0. The maximum atomic E-state index is 11.1. The molecule has 2 rings (SSSR count). The molecular weight excluding hydrogens is 168 g/mol. The first kappa shape index (κ1) is 8.97. The summed E-state index contributed by atoms with van der Waals surface area (Å²) in [7, 11) is 0. The summed E-state index contributed by atoms with van der Waals surface area (Å²) in [6, 6.07) is 0.396. The van der Waals surface area contributed by atoms with Crippen molar-refractivity contribution in [1.82, 2.24) is 9.80 Å². The molecule has 2 heterocycles. The van der Waals surface area contributed by atoms with Gasteiger partial charge in [-0.3, -0.25) is 9.69 Å². The third kappa shape index (κ3) is 1.69. The average Bonchev–Trinajstić information content (AvgIpc) is 2.42. The molecule has 2 atom stereocenters. The number of fused-ring (bicyclic) bond motifs is 1. The molecule has 1 amide bonds. The van der Waals surface area contributed by atoms with Crippen LogP contribution in [0.1, 0.15) is 13.3 Å². The molecule has 2 aliphatic rings. The topological polar surface area (TPSA) is 43.8 Å². The van der Waals surface area contributed by atoms with Crippen LogP contribution >= 0.6 is 0 Å². The Bertz CT molecular complexity index is 220. The van der Waals surface area contributed by atoms with Gasteiger partial charge in [-0.05, 0) is 6.42 Å². The molecule has 4 nitrogen and oxygen atoms in total. The number of hydrogen-bond donors (Lipinski definition) is 1. The number of rotatable bonds is 0. The first-order chi connectivity index (χ1) is 6.16. The summed E-state index contributed by atoms with van der Waals surface area (Å²) in [4.78, 5) is 15.3. The average molecular weight is 184 g/mol. The highest BCUT2D eigenvalue weighted by Crippen LogP contribution is 2.21. The number of aliphatic hydroxyl groups excluding tert-OH is 1. The van der Waals surface area contributed by atoms with Crippen LogP contribution in [-0.2, 0) is 4.79 Å². The van der Waals surface area contributed by atoms with Gasteiger partial charge in [-0.2, -0.15) is 0 Å². The van der Waals surface area contributed by atoms with Gasteiger partial charge in [0.2, 0.25) is 5.91 Å². The van der Waals surface area contributed by atoms with E-state index in [4.69, 9.17) is 0 Å². The molecule has 1 N–H and O–H groups in total. The quantitative estimate of drug-likeness (QED) is 0.540. The lowest BCUT2D eigenvalue weighted by Crippen LogP contribution is -2.51. The lowest BCUT2D eigenvalue weighted by Gasteiger charge is -2.36. The van der Waals surface area contributed by atoms with E-state index in [1.807, 2.05) is 4.90 Å². The van der Waals surface area contributed by atoms with Crippen LogP contribution in [0.5, 0.6) is 0 Å². The van der Waals surface area contributed by atoms with Crippen molar-refractivity contribution >= 4 is 5.91 Å². The van der Waals surface area contributed by atoms with Gasteiger partial charge in [0, 0.05) is 39.1 Å². The maximum absolute atomic E-state index is 11.1. The minimum absolute atomic E-state index is 0.154. The minimum atomic E-state index is -0.183. The van der Waals surface area contributed by atoms with Crippen molar-refractivity contribution < 1.29 is 9.90 Å². The number of carbonyl (C=O) groups excluding carboxylic acids is 1. The highest BCUT2D eigenvalue weighted by Gasteiger charge is 2.35. The zero-order chi connectivity index (χ0) is 9.42. The second kappa shape index (κ2) is 3.27. The van der Waals surface area contributed by atoms with E-state index in [2.05, 4.69) is 4.90 Å². The van der Waals surface area contributed by atoms with Crippen LogP contribution in [0.15, 0.2) is 0 Å². The zero-order valence-electron chi connectivity index (χ0n) is 7.94. The Hall–Kier alpha value is -0.610. The van der Waals surface area contributed by atoms with E-state index in [9.17, 15) is 9.90 Å². The molecule has 2 unspecified atom stereocenters. The first-order valence-electron chi connectivity index (χ1n) is 4.84. The number of piperazine rings is 1. The molecular formula is C9H16N2O2. The molecule has 0 radical (unpaired) electrons. The van der Waals surface area contributed by atoms with E-state index in [0.717, 1.165) is 32.6 Å². The van der Waals surface area contributed by atoms with Gasteiger partial charge in [-0.15, -0.1) is 0 Å². The van der Waals surface area contributed by atoms with Crippen molar-refractivity contribution in [3.8, 4) is 0 Å². The molecule has 0 aromatic heterocycles. The van der Waals surface area contributed by atoms with Crippen LogP contribution in [0, 0.1) is 0 Å². The standard InChI is InChI=1S/C9H16N2O2/c1-7(12)10-2-3-11-6-9(13)4-8(11)5-10/h8-9,13H,2-6H2,1H3. The Labute approximate surface area is 78.1 Å². The van der Waals surface area contributed by atoms with E-state index >= 15 is 0 Å². The molecule has 2 aliphatic heterocycles. The number of amides is 1. The van der Waals surface area contributed by atoms with Crippen LogP contribution in [0.4, 0.5) is 0 Å². The summed E-state index contributed by atoms with van der Waals surface area (Å²) in [6.07, 6.45) is 0.640. The van der Waals surface area contributed by atoms with Crippen LogP contribution < -0.4 is 0 Å². The number of carbonyl (C=O) groups is 1. The molecule has 13 heavy (non-hydrogen) atoms.